The fourth-order valence-corrected chi connectivity index (χ4v) is 4.96. The molecule has 8 heteroatoms. The summed E-state index contributed by atoms with van der Waals surface area (Å²) in [5.74, 6) is -0.207. The van der Waals surface area contributed by atoms with Gasteiger partial charge in [0.15, 0.2) is 0 Å². The molecule has 160 valence electrons. The molecular formula is C22H28N4O3S. The number of anilines is 2. The maximum Gasteiger partial charge on any atom is 0.251 e. The van der Waals surface area contributed by atoms with Crippen LogP contribution in [0.3, 0.4) is 0 Å². The Morgan fingerprint density at radius 2 is 1.70 bits per heavy atom. The Balaban J connectivity index is 1.38. The molecule has 0 bridgehead atoms. The van der Waals surface area contributed by atoms with Gasteiger partial charge >= 0.3 is 0 Å². The first-order valence-corrected chi connectivity index (χ1v) is 12.1. The van der Waals surface area contributed by atoms with Crippen LogP contribution in [0.15, 0.2) is 42.5 Å². The van der Waals surface area contributed by atoms with Crippen LogP contribution in [-0.2, 0) is 23.0 Å². The van der Waals surface area contributed by atoms with Crippen molar-refractivity contribution >= 4 is 27.3 Å². The maximum absolute atomic E-state index is 12.6. The lowest BCUT2D eigenvalue weighted by atomic mass is 10.1. The van der Waals surface area contributed by atoms with Crippen LogP contribution in [-0.4, -0.2) is 65.3 Å². The predicted molar refractivity (Wildman–Crippen MR) is 120 cm³/mol. The summed E-state index contributed by atoms with van der Waals surface area (Å²) in [4.78, 5) is 17.3. The van der Waals surface area contributed by atoms with E-state index in [-0.39, 0.29) is 5.91 Å². The summed E-state index contributed by atoms with van der Waals surface area (Å²) in [5.41, 5.74) is 4.27. The molecule has 0 saturated carbocycles. The normalized spacial score (nSPS) is 17.1. The SMILES string of the molecule is CN1CCN(c2ccc(CNC(=O)c3ccc4c(c3)N(S(C)(=O)=O)CC4)cc2)CC1. The molecule has 1 fully saturated rings. The number of carbonyl (C=O) groups excluding carboxylic acids is 1. The Hall–Kier alpha value is -2.58. The quantitative estimate of drug-likeness (QED) is 0.785. The maximum atomic E-state index is 12.6. The Labute approximate surface area is 178 Å². The van der Waals surface area contributed by atoms with E-state index in [1.165, 1.54) is 16.2 Å². The van der Waals surface area contributed by atoms with Gasteiger partial charge in [0.2, 0.25) is 10.0 Å². The van der Waals surface area contributed by atoms with E-state index >= 15 is 0 Å². The van der Waals surface area contributed by atoms with E-state index in [0.29, 0.717) is 30.8 Å². The number of likely N-dealkylation sites (N-methyl/N-ethyl adjacent to an activating group) is 1. The van der Waals surface area contributed by atoms with E-state index < -0.39 is 10.0 Å². The van der Waals surface area contributed by atoms with Gasteiger partial charge in [0, 0.05) is 50.5 Å². The molecule has 2 aromatic carbocycles. The minimum atomic E-state index is -3.34. The van der Waals surface area contributed by atoms with Gasteiger partial charge in [0.05, 0.1) is 11.9 Å². The molecule has 1 saturated heterocycles. The summed E-state index contributed by atoms with van der Waals surface area (Å²) >= 11 is 0. The number of nitrogens with zero attached hydrogens (tertiary/aromatic N) is 3. The van der Waals surface area contributed by atoms with Crippen molar-refractivity contribution in [3.63, 3.8) is 0 Å². The van der Waals surface area contributed by atoms with E-state index in [9.17, 15) is 13.2 Å². The second kappa shape index (κ2) is 8.28. The summed E-state index contributed by atoms with van der Waals surface area (Å²) in [7, 11) is -1.19. The van der Waals surface area contributed by atoms with Crippen LogP contribution in [0.1, 0.15) is 21.5 Å². The van der Waals surface area contributed by atoms with E-state index in [1.54, 1.807) is 12.1 Å². The summed E-state index contributed by atoms with van der Waals surface area (Å²) in [6, 6.07) is 13.6. The first-order chi connectivity index (χ1) is 14.3. The lowest BCUT2D eigenvalue weighted by Crippen LogP contribution is -2.44. The first kappa shape index (κ1) is 20.7. The highest BCUT2D eigenvalue weighted by molar-refractivity contribution is 7.92. The number of hydrogen-bond acceptors (Lipinski definition) is 5. The number of rotatable bonds is 5. The highest BCUT2D eigenvalue weighted by atomic mass is 32.2. The largest absolute Gasteiger partial charge is 0.369 e. The van der Waals surface area contributed by atoms with Gasteiger partial charge in [-0.05, 0) is 48.9 Å². The van der Waals surface area contributed by atoms with E-state index in [1.807, 2.05) is 18.2 Å². The van der Waals surface area contributed by atoms with Crippen molar-refractivity contribution in [1.82, 2.24) is 10.2 Å². The topological polar surface area (TPSA) is 73.0 Å². The van der Waals surface area contributed by atoms with Gasteiger partial charge < -0.3 is 15.1 Å². The van der Waals surface area contributed by atoms with E-state index in [4.69, 9.17) is 0 Å². The van der Waals surface area contributed by atoms with Crippen molar-refractivity contribution < 1.29 is 13.2 Å². The number of benzene rings is 2. The number of carbonyl (C=O) groups is 1. The van der Waals surface area contributed by atoms with Crippen LogP contribution in [0.25, 0.3) is 0 Å². The lowest BCUT2D eigenvalue weighted by molar-refractivity contribution is 0.0951. The van der Waals surface area contributed by atoms with Gasteiger partial charge in [-0.1, -0.05) is 18.2 Å². The monoisotopic (exact) mass is 428 g/mol. The molecule has 2 aliphatic heterocycles. The molecule has 0 aromatic heterocycles. The molecule has 1 N–H and O–H groups in total. The average Bonchev–Trinajstić information content (AvgIpc) is 3.17. The van der Waals surface area contributed by atoms with Crippen LogP contribution in [0.4, 0.5) is 11.4 Å². The molecule has 2 heterocycles. The molecule has 7 nitrogen and oxygen atoms in total. The van der Waals surface area contributed by atoms with Crippen LogP contribution in [0.5, 0.6) is 0 Å². The number of fused-ring (bicyclic) bond motifs is 1. The van der Waals surface area contributed by atoms with Crippen LogP contribution >= 0.6 is 0 Å². The van der Waals surface area contributed by atoms with Gasteiger partial charge in [-0.3, -0.25) is 9.10 Å². The lowest BCUT2D eigenvalue weighted by Gasteiger charge is -2.34. The molecule has 0 radical (unpaired) electrons. The standard InChI is InChI=1S/C22H28N4O3S/c1-24-11-13-25(14-12-24)20-7-3-17(4-8-20)16-23-22(27)19-6-5-18-9-10-26(21(18)15-19)30(2,28)29/h3-8,15H,9-14,16H2,1-2H3,(H,23,27). The van der Waals surface area contributed by atoms with Crippen molar-refractivity contribution in [1.29, 1.82) is 0 Å². The van der Waals surface area contributed by atoms with Crippen molar-refractivity contribution in [2.24, 2.45) is 0 Å². The Bertz CT molecular complexity index is 1030. The second-order valence-electron chi connectivity index (χ2n) is 8.07. The van der Waals surface area contributed by atoms with Crippen LogP contribution in [0.2, 0.25) is 0 Å². The summed E-state index contributed by atoms with van der Waals surface area (Å²) in [5, 5.41) is 2.94. The fraction of sp³-hybridized carbons (Fsp3) is 0.409. The highest BCUT2D eigenvalue weighted by Gasteiger charge is 2.27. The molecule has 0 atom stereocenters. The van der Waals surface area contributed by atoms with E-state index in [0.717, 1.165) is 37.3 Å². The summed E-state index contributed by atoms with van der Waals surface area (Å²) < 4.78 is 25.3. The summed E-state index contributed by atoms with van der Waals surface area (Å²) in [6.45, 7) is 5.03. The van der Waals surface area contributed by atoms with E-state index in [2.05, 4.69) is 34.3 Å². The van der Waals surface area contributed by atoms with Gasteiger partial charge in [-0.25, -0.2) is 8.42 Å². The van der Waals surface area contributed by atoms with Gasteiger partial charge in [0.1, 0.15) is 0 Å². The Morgan fingerprint density at radius 1 is 1.00 bits per heavy atom. The van der Waals surface area contributed by atoms with Crippen molar-refractivity contribution in [3.05, 3.63) is 59.2 Å². The molecule has 30 heavy (non-hydrogen) atoms. The first-order valence-electron chi connectivity index (χ1n) is 10.2. The predicted octanol–water partition coefficient (Wildman–Crippen LogP) is 1.69. The Kier molecular flexibility index (Phi) is 5.71. The third-order valence-corrected chi connectivity index (χ3v) is 7.04. The zero-order valence-corrected chi connectivity index (χ0v) is 18.3. The van der Waals surface area contributed by atoms with Crippen molar-refractivity contribution in [2.75, 3.05) is 55.2 Å². The third kappa shape index (κ3) is 4.44. The van der Waals surface area contributed by atoms with Crippen LogP contribution in [0, 0.1) is 0 Å². The Morgan fingerprint density at radius 3 is 2.37 bits per heavy atom. The zero-order chi connectivity index (χ0) is 21.3. The fourth-order valence-electron chi connectivity index (χ4n) is 4.01. The number of piperazine rings is 1. The zero-order valence-electron chi connectivity index (χ0n) is 17.5. The third-order valence-electron chi connectivity index (χ3n) is 5.86. The van der Waals surface area contributed by atoms with Gasteiger partial charge in [0.25, 0.3) is 5.91 Å². The van der Waals surface area contributed by atoms with Crippen LogP contribution < -0.4 is 14.5 Å². The second-order valence-corrected chi connectivity index (χ2v) is 9.97. The number of hydrogen-bond donors (Lipinski definition) is 1. The molecule has 2 aromatic rings. The molecule has 0 spiro atoms. The van der Waals surface area contributed by atoms with Crippen molar-refractivity contribution in [3.8, 4) is 0 Å². The molecule has 0 unspecified atom stereocenters. The molecule has 0 aliphatic carbocycles. The summed E-state index contributed by atoms with van der Waals surface area (Å²) in [6.07, 6.45) is 1.87. The molecule has 2 aliphatic rings. The molecular weight excluding hydrogens is 400 g/mol. The van der Waals surface area contributed by atoms with Gasteiger partial charge in [-0.15, -0.1) is 0 Å². The number of sulfonamides is 1. The smallest absolute Gasteiger partial charge is 0.251 e. The molecule has 4 rings (SSSR count). The molecule has 1 amide bonds. The number of nitrogens with one attached hydrogen (secondary N) is 1. The average molecular weight is 429 g/mol. The minimum absolute atomic E-state index is 0.207. The highest BCUT2D eigenvalue weighted by Crippen LogP contribution is 2.31. The number of amides is 1. The van der Waals surface area contributed by atoms with Crippen molar-refractivity contribution in [2.45, 2.75) is 13.0 Å². The minimum Gasteiger partial charge on any atom is -0.369 e. The van der Waals surface area contributed by atoms with Gasteiger partial charge in [-0.2, -0.15) is 0 Å².